The molecule has 1 aromatic heterocycles. The van der Waals surface area contributed by atoms with Crippen LogP contribution < -0.4 is 0 Å². The molecule has 1 heterocycles. The largest absolute Gasteiger partial charge is 0.435 e. The number of nitrogens with zero attached hydrogens (tertiary/aromatic N) is 2. The third-order valence-electron chi connectivity index (χ3n) is 3.27. The van der Waals surface area contributed by atoms with Gasteiger partial charge in [-0.2, -0.15) is 31.4 Å². The van der Waals surface area contributed by atoms with Crippen molar-refractivity contribution in [1.29, 1.82) is 0 Å². The van der Waals surface area contributed by atoms with E-state index in [0.29, 0.717) is 4.68 Å². The van der Waals surface area contributed by atoms with Gasteiger partial charge in [-0.3, -0.25) is 4.68 Å². The Morgan fingerprint density at radius 3 is 2.18 bits per heavy atom. The molecule has 1 N–H and O–H groups in total. The molecule has 126 valence electrons. The van der Waals surface area contributed by atoms with Crippen LogP contribution in [0.2, 0.25) is 0 Å². The van der Waals surface area contributed by atoms with E-state index in [2.05, 4.69) is 5.10 Å². The Morgan fingerprint density at radius 1 is 1.09 bits per heavy atom. The van der Waals surface area contributed by atoms with Gasteiger partial charge in [0.15, 0.2) is 18.0 Å². The number of alkyl halides is 8. The standard InChI is InChI=1S/C11H10F8N2O/c12-5-6(13)8(22)4-7(5)21(3-1-2-10(14,15)16)20-9(4)11(17,18)19/h5-6,8,22H,1-3H2. The van der Waals surface area contributed by atoms with Crippen molar-refractivity contribution in [3.05, 3.63) is 17.0 Å². The molecule has 0 bridgehead atoms. The molecule has 0 fully saturated rings. The lowest BCUT2D eigenvalue weighted by molar-refractivity contribution is -0.144. The summed E-state index contributed by atoms with van der Waals surface area (Å²) in [6.45, 7) is -0.669. The molecule has 3 unspecified atom stereocenters. The van der Waals surface area contributed by atoms with Crippen molar-refractivity contribution in [2.75, 3.05) is 0 Å². The van der Waals surface area contributed by atoms with Gasteiger partial charge in [0.25, 0.3) is 0 Å². The van der Waals surface area contributed by atoms with Crippen molar-refractivity contribution < 1.29 is 40.2 Å². The first kappa shape index (κ1) is 17.0. The SMILES string of the molecule is OC1c2c(C(F)(F)F)nn(CCCC(F)(F)F)c2C(F)C1F. The van der Waals surface area contributed by atoms with Crippen molar-refractivity contribution in [2.24, 2.45) is 0 Å². The number of aryl methyl sites for hydroxylation is 1. The van der Waals surface area contributed by atoms with Crippen LogP contribution in [0.25, 0.3) is 0 Å². The number of hydrogen-bond acceptors (Lipinski definition) is 2. The molecule has 22 heavy (non-hydrogen) atoms. The van der Waals surface area contributed by atoms with Crippen molar-refractivity contribution >= 4 is 0 Å². The van der Waals surface area contributed by atoms with E-state index in [-0.39, 0.29) is 0 Å². The van der Waals surface area contributed by atoms with Gasteiger partial charge < -0.3 is 5.11 Å². The van der Waals surface area contributed by atoms with Crippen LogP contribution in [0.15, 0.2) is 0 Å². The number of aliphatic hydroxyl groups is 1. The van der Waals surface area contributed by atoms with Crippen LogP contribution in [0.3, 0.4) is 0 Å². The highest BCUT2D eigenvalue weighted by Gasteiger charge is 2.51. The minimum Gasteiger partial charge on any atom is -0.385 e. The topological polar surface area (TPSA) is 38.1 Å². The molecule has 0 amide bonds. The second-order valence-electron chi connectivity index (χ2n) is 4.88. The summed E-state index contributed by atoms with van der Waals surface area (Å²) >= 11 is 0. The first-order valence-electron chi connectivity index (χ1n) is 6.14. The molecule has 0 aromatic carbocycles. The first-order valence-corrected chi connectivity index (χ1v) is 6.14. The van der Waals surface area contributed by atoms with Gasteiger partial charge in [0.2, 0.25) is 0 Å². The monoisotopic (exact) mass is 338 g/mol. The Kier molecular flexibility index (Phi) is 4.13. The Morgan fingerprint density at radius 2 is 1.68 bits per heavy atom. The van der Waals surface area contributed by atoms with Gasteiger partial charge in [0.1, 0.15) is 6.10 Å². The average molecular weight is 338 g/mol. The number of aliphatic hydroxyl groups excluding tert-OH is 1. The number of halogens is 8. The predicted octanol–water partition coefficient (Wildman–Crippen LogP) is 3.64. The summed E-state index contributed by atoms with van der Waals surface area (Å²) in [6.07, 6.45) is -19.1. The van der Waals surface area contributed by atoms with E-state index in [9.17, 15) is 40.2 Å². The number of fused-ring (bicyclic) bond motifs is 1. The first-order chi connectivity index (χ1) is 9.93. The van der Waals surface area contributed by atoms with Crippen LogP contribution in [0, 0.1) is 0 Å². The maximum atomic E-state index is 13.7. The Bertz CT molecular complexity index is 550. The van der Waals surface area contributed by atoms with Gasteiger partial charge in [-0.1, -0.05) is 0 Å². The van der Waals surface area contributed by atoms with Crippen LogP contribution in [-0.4, -0.2) is 27.2 Å². The third kappa shape index (κ3) is 3.03. The molecule has 1 aliphatic rings. The maximum Gasteiger partial charge on any atom is 0.435 e. The van der Waals surface area contributed by atoms with Gasteiger partial charge >= 0.3 is 12.4 Å². The second-order valence-corrected chi connectivity index (χ2v) is 4.88. The minimum absolute atomic E-state index is 0.358. The van der Waals surface area contributed by atoms with Crippen LogP contribution in [0.5, 0.6) is 0 Å². The van der Waals surface area contributed by atoms with Crippen molar-refractivity contribution in [1.82, 2.24) is 9.78 Å². The predicted molar refractivity (Wildman–Crippen MR) is 56.2 cm³/mol. The molecule has 2 rings (SSSR count). The maximum absolute atomic E-state index is 13.7. The van der Waals surface area contributed by atoms with Crippen molar-refractivity contribution in [3.8, 4) is 0 Å². The molecule has 0 spiro atoms. The molecular formula is C11H10F8N2O. The summed E-state index contributed by atoms with van der Waals surface area (Å²) in [5.74, 6) is 0. The lowest BCUT2D eigenvalue weighted by Crippen LogP contribution is -2.18. The molecule has 0 saturated heterocycles. The summed E-state index contributed by atoms with van der Waals surface area (Å²) in [6, 6.07) is 0. The molecule has 3 nitrogen and oxygen atoms in total. The van der Waals surface area contributed by atoms with E-state index in [1.807, 2.05) is 0 Å². The highest BCUT2D eigenvalue weighted by Crippen LogP contribution is 2.48. The normalized spacial score (nSPS) is 25.6. The zero-order valence-corrected chi connectivity index (χ0v) is 10.7. The zero-order valence-electron chi connectivity index (χ0n) is 10.7. The Hall–Kier alpha value is -1.39. The fourth-order valence-corrected chi connectivity index (χ4v) is 2.35. The van der Waals surface area contributed by atoms with Gasteiger partial charge in [0.05, 0.1) is 5.69 Å². The number of rotatable bonds is 3. The molecule has 0 radical (unpaired) electrons. The molecule has 0 aliphatic heterocycles. The van der Waals surface area contributed by atoms with E-state index in [4.69, 9.17) is 0 Å². The molecule has 11 heteroatoms. The van der Waals surface area contributed by atoms with Crippen LogP contribution in [0.1, 0.15) is 42.1 Å². The Balaban J connectivity index is 2.35. The van der Waals surface area contributed by atoms with Crippen LogP contribution in [-0.2, 0) is 12.7 Å². The zero-order chi connectivity index (χ0) is 16.9. The lowest BCUT2D eigenvalue weighted by atomic mass is 10.1. The van der Waals surface area contributed by atoms with Gasteiger partial charge in [-0.25, -0.2) is 8.78 Å². The molecule has 1 aromatic rings. The molecule has 0 saturated carbocycles. The average Bonchev–Trinajstić information content (AvgIpc) is 2.82. The summed E-state index contributed by atoms with van der Waals surface area (Å²) < 4.78 is 102. The van der Waals surface area contributed by atoms with E-state index >= 15 is 0 Å². The van der Waals surface area contributed by atoms with Crippen molar-refractivity contribution in [2.45, 2.75) is 50.2 Å². The van der Waals surface area contributed by atoms with Crippen LogP contribution >= 0.6 is 0 Å². The Labute approximate surface area is 118 Å². The van der Waals surface area contributed by atoms with Crippen molar-refractivity contribution in [3.63, 3.8) is 0 Å². The van der Waals surface area contributed by atoms with E-state index in [1.165, 1.54) is 0 Å². The van der Waals surface area contributed by atoms with E-state index in [1.54, 1.807) is 0 Å². The number of hydrogen-bond donors (Lipinski definition) is 1. The molecule has 1 aliphatic carbocycles. The molecule has 3 atom stereocenters. The highest BCUT2D eigenvalue weighted by molar-refractivity contribution is 5.38. The van der Waals surface area contributed by atoms with E-state index < -0.39 is 67.1 Å². The molecular weight excluding hydrogens is 328 g/mol. The van der Waals surface area contributed by atoms with Gasteiger partial charge in [-0.05, 0) is 6.42 Å². The smallest absolute Gasteiger partial charge is 0.385 e. The second kappa shape index (κ2) is 5.36. The number of aromatic nitrogens is 2. The summed E-state index contributed by atoms with van der Waals surface area (Å²) in [4.78, 5) is 0. The fraction of sp³-hybridized carbons (Fsp3) is 0.727. The van der Waals surface area contributed by atoms with Crippen LogP contribution in [0.4, 0.5) is 35.1 Å². The van der Waals surface area contributed by atoms with Gasteiger partial charge in [0, 0.05) is 18.5 Å². The van der Waals surface area contributed by atoms with E-state index in [0.717, 1.165) is 0 Å². The summed E-state index contributed by atoms with van der Waals surface area (Å²) in [7, 11) is 0. The minimum atomic E-state index is -5.08. The highest BCUT2D eigenvalue weighted by atomic mass is 19.4. The summed E-state index contributed by atoms with van der Waals surface area (Å²) in [5.41, 5.74) is -3.57. The third-order valence-corrected chi connectivity index (χ3v) is 3.27. The lowest BCUT2D eigenvalue weighted by Gasteiger charge is -2.12. The fourth-order valence-electron chi connectivity index (χ4n) is 2.35. The summed E-state index contributed by atoms with van der Waals surface area (Å²) in [5, 5.41) is 12.4. The van der Waals surface area contributed by atoms with Gasteiger partial charge in [-0.15, -0.1) is 0 Å². The quantitative estimate of drug-likeness (QED) is 0.855.